The quantitative estimate of drug-likeness (QED) is 0.252. The van der Waals surface area contributed by atoms with Gasteiger partial charge in [-0.3, -0.25) is 34.8 Å². The van der Waals surface area contributed by atoms with Gasteiger partial charge in [-0.2, -0.15) is 10.2 Å². The second kappa shape index (κ2) is 8.71. The van der Waals surface area contributed by atoms with Gasteiger partial charge < -0.3 is 4.90 Å². The number of amides is 3. The molecule has 1 aromatic carbocycles. The molecule has 3 N–H and O–H groups in total. The Balaban J connectivity index is 1.57. The van der Waals surface area contributed by atoms with Crippen molar-refractivity contribution in [1.82, 2.24) is 30.7 Å². The van der Waals surface area contributed by atoms with Gasteiger partial charge in [0, 0.05) is 19.7 Å². The molecule has 4 rings (SSSR count). The molecule has 0 unspecified atom stereocenters. The van der Waals surface area contributed by atoms with Gasteiger partial charge in [0.25, 0.3) is 5.91 Å². The van der Waals surface area contributed by atoms with Crippen molar-refractivity contribution in [3.8, 4) is 0 Å². The molecule has 0 aliphatic carbocycles. The monoisotopic (exact) mass is 429 g/mol. The van der Waals surface area contributed by atoms with Crippen molar-refractivity contribution in [3.63, 3.8) is 0 Å². The second-order valence-corrected chi connectivity index (χ2v) is 7.08. The predicted octanol–water partition coefficient (Wildman–Crippen LogP) is 0.440. The summed E-state index contributed by atoms with van der Waals surface area (Å²) in [6, 6.07) is 8.36. The van der Waals surface area contributed by atoms with Crippen molar-refractivity contribution in [2.45, 2.75) is 18.7 Å². The highest BCUT2D eigenvalue weighted by Gasteiger charge is 2.52. The Morgan fingerprint density at radius 1 is 1.35 bits per heavy atom. The molecule has 1 saturated heterocycles. The summed E-state index contributed by atoms with van der Waals surface area (Å²) in [5, 5.41) is 14.3. The molecule has 0 saturated carbocycles. The smallest absolute Gasteiger partial charge is 0.304 e. The van der Waals surface area contributed by atoms with Gasteiger partial charge in [0.05, 0.1) is 18.4 Å². The van der Waals surface area contributed by atoms with Crippen LogP contribution in [0.5, 0.6) is 0 Å². The van der Waals surface area contributed by atoms with Gasteiger partial charge in [-0.1, -0.05) is 30.3 Å². The molecule has 0 spiro atoms. The van der Waals surface area contributed by atoms with E-state index in [0.717, 1.165) is 16.8 Å². The number of aliphatic imine (C=N–C) groups is 1. The van der Waals surface area contributed by atoms with Gasteiger partial charge in [-0.15, -0.1) is 0 Å². The maximum atomic E-state index is 13.2. The van der Waals surface area contributed by atoms with Crippen molar-refractivity contribution in [3.05, 3.63) is 53.3 Å². The van der Waals surface area contributed by atoms with E-state index in [1.807, 2.05) is 30.3 Å². The lowest BCUT2D eigenvalue weighted by Crippen LogP contribution is -2.45. The molecule has 2 atom stereocenters. The van der Waals surface area contributed by atoms with E-state index in [1.165, 1.54) is 10.5 Å². The number of carbonyl (C=O) groups excluding carboxylic acids is 2. The average Bonchev–Trinajstić information content (AvgIpc) is 3.30. The van der Waals surface area contributed by atoms with Gasteiger partial charge in [0.2, 0.25) is 0 Å². The van der Waals surface area contributed by atoms with Crippen LogP contribution in [0.25, 0.3) is 0 Å². The SMILES string of the molecule is CN=C(NOCC(=O)NO)[C@@H]1c2c(cnn2C)[C@@H]2CN1C(=O)N2OCc1ccccc1. The number of hydroxylamine groups is 4. The summed E-state index contributed by atoms with van der Waals surface area (Å²) in [4.78, 5) is 41.3. The lowest BCUT2D eigenvalue weighted by molar-refractivity contribution is -0.141. The second-order valence-electron chi connectivity index (χ2n) is 7.08. The zero-order chi connectivity index (χ0) is 22.0. The summed E-state index contributed by atoms with van der Waals surface area (Å²) in [6.45, 7) is 0.196. The van der Waals surface area contributed by atoms with Crippen molar-refractivity contribution in [2.75, 3.05) is 20.2 Å². The molecule has 12 nitrogen and oxygen atoms in total. The van der Waals surface area contributed by atoms with Crippen molar-refractivity contribution in [1.29, 1.82) is 0 Å². The van der Waals surface area contributed by atoms with Crippen LogP contribution >= 0.6 is 0 Å². The summed E-state index contributed by atoms with van der Waals surface area (Å²) in [6.07, 6.45) is 1.72. The summed E-state index contributed by atoms with van der Waals surface area (Å²) in [7, 11) is 3.33. The molecule has 2 aromatic rings. The van der Waals surface area contributed by atoms with E-state index < -0.39 is 18.6 Å². The van der Waals surface area contributed by atoms with Gasteiger partial charge in [0.15, 0.2) is 6.61 Å². The molecule has 2 aliphatic rings. The highest BCUT2D eigenvalue weighted by Crippen LogP contribution is 2.44. The molecule has 164 valence electrons. The van der Waals surface area contributed by atoms with E-state index in [1.54, 1.807) is 29.9 Å². The minimum atomic E-state index is -0.731. The summed E-state index contributed by atoms with van der Waals surface area (Å²) in [5.41, 5.74) is 6.66. The fraction of sp³-hybridized carbons (Fsp3) is 0.368. The van der Waals surface area contributed by atoms with E-state index in [4.69, 9.17) is 14.9 Å². The Morgan fingerprint density at radius 2 is 2.13 bits per heavy atom. The Hall–Kier alpha value is -3.48. The normalized spacial score (nSPS) is 20.1. The first-order valence-corrected chi connectivity index (χ1v) is 9.61. The molecule has 1 fully saturated rings. The Kier molecular flexibility index (Phi) is 5.84. The molecule has 0 radical (unpaired) electrons. The van der Waals surface area contributed by atoms with Crippen LogP contribution in [0.3, 0.4) is 0 Å². The predicted molar refractivity (Wildman–Crippen MR) is 106 cm³/mol. The van der Waals surface area contributed by atoms with Crippen molar-refractivity contribution >= 4 is 17.8 Å². The summed E-state index contributed by atoms with van der Waals surface area (Å²) < 4.78 is 1.68. The number of aromatic nitrogens is 2. The molecular formula is C19H23N7O5. The Labute approximate surface area is 177 Å². The van der Waals surface area contributed by atoms with Crippen LogP contribution in [0.15, 0.2) is 41.5 Å². The molecule has 3 heterocycles. The average molecular weight is 429 g/mol. The zero-order valence-corrected chi connectivity index (χ0v) is 17.1. The maximum Gasteiger partial charge on any atom is 0.345 e. The number of carbonyl (C=O) groups is 2. The Morgan fingerprint density at radius 3 is 2.84 bits per heavy atom. The van der Waals surface area contributed by atoms with Gasteiger partial charge in [0.1, 0.15) is 24.5 Å². The largest absolute Gasteiger partial charge is 0.345 e. The first-order chi connectivity index (χ1) is 15.0. The van der Waals surface area contributed by atoms with Crippen LogP contribution in [-0.4, -0.2) is 62.9 Å². The number of hydrogen-bond donors (Lipinski definition) is 3. The summed E-state index contributed by atoms with van der Waals surface area (Å²) >= 11 is 0. The third-order valence-electron chi connectivity index (χ3n) is 5.25. The highest BCUT2D eigenvalue weighted by molar-refractivity contribution is 5.93. The van der Waals surface area contributed by atoms with E-state index >= 15 is 0 Å². The molecule has 2 aliphatic heterocycles. The summed E-state index contributed by atoms with van der Waals surface area (Å²) in [5.74, 6) is -0.419. The van der Waals surface area contributed by atoms with Gasteiger partial charge in [-0.05, 0) is 5.56 Å². The number of fused-ring (bicyclic) bond motifs is 4. The van der Waals surface area contributed by atoms with Crippen molar-refractivity contribution < 1.29 is 24.5 Å². The number of amidine groups is 1. The minimum absolute atomic E-state index is 0.254. The third-order valence-corrected chi connectivity index (χ3v) is 5.25. The number of benzene rings is 1. The van der Waals surface area contributed by atoms with Crippen LogP contribution in [0, 0.1) is 0 Å². The lowest BCUT2D eigenvalue weighted by Gasteiger charge is -2.31. The topological polar surface area (TPSA) is 134 Å². The molecule has 1 aromatic heterocycles. The van der Waals surface area contributed by atoms with E-state index in [2.05, 4.69) is 15.6 Å². The molecule has 3 amide bonds. The Bertz CT molecular complexity index is 993. The van der Waals surface area contributed by atoms with Crippen LogP contribution in [0.2, 0.25) is 0 Å². The van der Waals surface area contributed by atoms with Gasteiger partial charge in [-0.25, -0.2) is 10.3 Å². The van der Waals surface area contributed by atoms with E-state index in [-0.39, 0.29) is 18.7 Å². The van der Waals surface area contributed by atoms with Crippen LogP contribution in [0.4, 0.5) is 4.79 Å². The van der Waals surface area contributed by atoms with Crippen LogP contribution < -0.4 is 11.0 Å². The molecule has 12 heteroatoms. The molecule has 2 bridgehead atoms. The third kappa shape index (κ3) is 3.83. The molecule has 31 heavy (non-hydrogen) atoms. The van der Waals surface area contributed by atoms with Gasteiger partial charge >= 0.3 is 6.03 Å². The zero-order valence-electron chi connectivity index (χ0n) is 17.1. The minimum Gasteiger partial charge on any atom is -0.304 e. The highest BCUT2D eigenvalue weighted by atomic mass is 16.7. The number of hydrogen-bond acceptors (Lipinski definition) is 7. The number of rotatable bonds is 7. The lowest BCUT2D eigenvalue weighted by atomic mass is 9.97. The maximum absolute atomic E-state index is 13.2. The molecular weight excluding hydrogens is 406 g/mol. The number of nitrogens with zero attached hydrogens (tertiary/aromatic N) is 5. The van der Waals surface area contributed by atoms with Crippen LogP contribution in [-0.2, 0) is 28.1 Å². The number of urea groups is 1. The van der Waals surface area contributed by atoms with E-state index in [9.17, 15) is 9.59 Å². The van der Waals surface area contributed by atoms with Crippen LogP contribution in [0.1, 0.15) is 28.9 Å². The van der Waals surface area contributed by atoms with E-state index in [0.29, 0.717) is 12.4 Å². The first kappa shape index (κ1) is 20.8. The standard InChI is InChI=1S/C19H23N7O5/c1-20-18(23-30-11-15(27)22-29)17-16-13(8-21-24(16)2)14-9-25(17)19(28)26(14)31-10-12-6-4-3-5-7-12/h3-8,14,17,29H,9-11H2,1-2H3,(H,20,23)(H,22,27)/t14-,17-/m0/s1. The first-order valence-electron chi connectivity index (χ1n) is 9.61. The van der Waals surface area contributed by atoms with Crippen molar-refractivity contribution in [2.24, 2.45) is 12.0 Å². The fourth-order valence-corrected chi connectivity index (χ4v) is 3.81. The number of aryl methyl sites for hydroxylation is 1. The number of nitrogens with one attached hydrogen (secondary N) is 2. The fourth-order valence-electron chi connectivity index (χ4n) is 3.81.